The van der Waals surface area contributed by atoms with Crippen molar-refractivity contribution in [2.75, 3.05) is 55.4 Å². The van der Waals surface area contributed by atoms with Gasteiger partial charge in [-0.15, -0.1) is 11.3 Å². The van der Waals surface area contributed by atoms with E-state index < -0.39 is 10.0 Å². The molecule has 0 atom stereocenters. The molecule has 8 nitrogen and oxygen atoms in total. The van der Waals surface area contributed by atoms with Crippen LogP contribution in [0.3, 0.4) is 0 Å². The third-order valence-corrected chi connectivity index (χ3v) is 9.25. The Morgan fingerprint density at radius 2 is 1.97 bits per heavy atom. The highest BCUT2D eigenvalue weighted by molar-refractivity contribution is 8.01. The lowest BCUT2D eigenvalue weighted by atomic mass is 10.2. The number of rotatable bonds is 7. The second-order valence-corrected chi connectivity index (χ2v) is 11.5. The normalized spacial score (nSPS) is 17.8. The number of thioether (sulfide) groups is 1. The molecular weight excluding hydrogens is 456 g/mol. The minimum atomic E-state index is -3.64. The lowest BCUT2D eigenvalue weighted by molar-refractivity contribution is -0.113. The molecule has 1 aromatic heterocycles. The van der Waals surface area contributed by atoms with Crippen molar-refractivity contribution in [3.05, 3.63) is 29.3 Å². The van der Waals surface area contributed by atoms with E-state index in [0.717, 1.165) is 41.7 Å². The van der Waals surface area contributed by atoms with E-state index in [2.05, 4.69) is 15.2 Å². The number of sulfonamides is 1. The summed E-state index contributed by atoms with van der Waals surface area (Å²) in [6.07, 6.45) is 2.17. The van der Waals surface area contributed by atoms with Crippen molar-refractivity contribution in [3.8, 4) is 0 Å². The van der Waals surface area contributed by atoms with Crippen molar-refractivity contribution in [2.45, 2.75) is 29.0 Å². The van der Waals surface area contributed by atoms with Crippen LogP contribution in [0.1, 0.15) is 18.5 Å². The molecule has 4 rings (SSSR count). The van der Waals surface area contributed by atoms with Crippen molar-refractivity contribution in [1.82, 2.24) is 9.29 Å². The zero-order valence-corrected chi connectivity index (χ0v) is 19.8. The van der Waals surface area contributed by atoms with Gasteiger partial charge in [0, 0.05) is 37.3 Å². The number of anilines is 2. The first kappa shape index (κ1) is 22.5. The molecule has 2 aromatic rings. The molecule has 0 unspecified atom stereocenters. The highest BCUT2D eigenvalue weighted by atomic mass is 32.2. The van der Waals surface area contributed by atoms with E-state index in [-0.39, 0.29) is 16.6 Å². The molecule has 3 heterocycles. The van der Waals surface area contributed by atoms with Gasteiger partial charge in [-0.1, -0.05) is 11.8 Å². The lowest BCUT2D eigenvalue weighted by Crippen LogP contribution is -2.40. The van der Waals surface area contributed by atoms with Gasteiger partial charge in [0.05, 0.1) is 35.2 Å². The lowest BCUT2D eigenvalue weighted by Gasteiger charge is -2.27. The maximum atomic E-state index is 13.1. The number of aryl methyl sites for hydroxylation is 1. The van der Waals surface area contributed by atoms with Gasteiger partial charge in [0.2, 0.25) is 15.9 Å². The van der Waals surface area contributed by atoms with Gasteiger partial charge in [0.1, 0.15) is 0 Å². The first-order valence-corrected chi connectivity index (χ1v) is 13.6. The monoisotopic (exact) mass is 482 g/mol. The molecule has 2 aliphatic rings. The van der Waals surface area contributed by atoms with Crippen molar-refractivity contribution in [1.29, 1.82) is 0 Å². The van der Waals surface area contributed by atoms with Gasteiger partial charge in [-0.25, -0.2) is 13.4 Å². The Morgan fingerprint density at radius 3 is 2.65 bits per heavy atom. The fourth-order valence-corrected chi connectivity index (χ4v) is 6.74. The number of nitrogens with zero attached hydrogens (tertiary/aromatic N) is 3. The van der Waals surface area contributed by atoms with Crippen molar-refractivity contribution < 1.29 is 17.9 Å². The van der Waals surface area contributed by atoms with Crippen molar-refractivity contribution >= 4 is 50.4 Å². The molecule has 31 heavy (non-hydrogen) atoms. The summed E-state index contributed by atoms with van der Waals surface area (Å²) in [6, 6.07) is 5.04. The summed E-state index contributed by atoms with van der Waals surface area (Å²) in [5.41, 5.74) is 2.34. The first-order valence-electron chi connectivity index (χ1n) is 10.3. The van der Waals surface area contributed by atoms with Crippen LogP contribution in [0.2, 0.25) is 0 Å². The largest absolute Gasteiger partial charge is 0.379 e. The van der Waals surface area contributed by atoms with Crippen LogP contribution >= 0.6 is 23.1 Å². The van der Waals surface area contributed by atoms with Crippen LogP contribution < -0.4 is 10.2 Å². The number of hydrogen-bond acceptors (Lipinski definition) is 8. The predicted octanol–water partition coefficient (Wildman–Crippen LogP) is 2.80. The molecule has 1 amide bonds. The average molecular weight is 483 g/mol. The van der Waals surface area contributed by atoms with Gasteiger partial charge in [0.15, 0.2) is 4.34 Å². The number of aromatic nitrogens is 1. The quantitative estimate of drug-likeness (QED) is 0.607. The number of thiazole rings is 1. The topological polar surface area (TPSA) is 91.8 Å². The summed E-state index contributed by atoms with van der Waals surface area (Å²) < 4.78 is 33.8. The fraction of sp³-hybridized carbons (Fsp3) is 0.500. The number of ether oxygens (including phenoxy) is 1. The summed E-state index contributed by atoms with van der Waals surface area (Å²) in [4.78, 5) is 19.4. The van der Waals surface area contributed by atoms with Gasteiger partial charge in [-0.05, 0) is 38.0 Å². The SMILES string of the molecule is Cc1csc(SCC(=O)Nc2cc(S(=O)(=O)N3CCOCC3)ccc2N2CCCC2)n1. The van der Waals surface area contributed by atoms with Gasteiger partial charge < -0.3 is 15.0 Å². The maximum absolute atomic E-state index is 13.1. The van der Waals surface area contributed by atoms with Gasteiger partial charge >= 0.3 is 0 Å². The molecule has 2 saturated heterocycles. The third-order valence-electron chi connectivity index (χ3n) is 5.22. The maximum Gasteiger partial charge on any atom is 0.243 e. The molecule has 11 heteroatoms. The second-order valence-electron chi connectivity index (χ2n) is 7.48. The number of carbonyl (C=O) groups is 1. The zero-order valence-electron chi connectivity index (χ0n) is 17.4. The highest BCUT2D eigenvalue weighted by Crippen LogP contribution is 2.33. The van der Waals surface area contributed by atoms with E-state index in [9.17, 15) is 13.2 Å². The fourth-order valence-electron chi connectivity index (χ4n) is 3.66. The number of benzene rings is 1. The summed E-state index contributed by atoms with van der Waals surface area (Å²) in [5, 5.41) is 4.90. The van der Waals surface area contributed by atoms with Gasteiger partial charge in [0.25, 0.3) is 0 Å². The van der Waals surface area contributed by atoms with E-state index in [1.54, 1.807) is 12.1 Å². The second kappa shape index (κ2) is 9.86. The number of amides is 1. The smallest absolute Gasteiger partial charge is 0.243 e. The zero-order chi connectivity index (χ0) is 21.8. The Morgan fingerprint density at radius 1 is 1.23 bits per heavy atom. The number of nitrogens with one attached hydrogen (secondary N) is 1. The van der Waals surface area contributed by atoms with Crippen LogP contribution in [0, 0.1) is 6.92 Å². The Hall–Kier alpha value is -1.66. The number of carbonyl (C=O) groups excluding carboxylic acids is 1. The molecule has 168 valence electrons. The van der Waals surface area contributed by atoms with Crippen LogP contribution in [0.5, 0.6) is 0 Å². The molecule has 0 aliphatic carbocycles. The summed E-state index contributed by atoms with van der Waals surface area (Å²) in [6.45, 7) is 5.16. The molecule has 0 radical (unpaired) electrons. The van der Waals surface area contributed by atoms with Gasteiger partial charge in [-0.2, -0.15) is 4.31 Å². The van der Waals surface area contributed by atoms with E-state index in [0.29, 0.717) is 32.0 Å². The Kier molecular flexibility index (Phi) is 7.17. The minimum Gasteiger partial charge on any atom is -0.379 e. The average Bonchev–Trinajstić information content (AvgIpc) is 3.45. The van der Waals surface area contributed by atoms with Crippen LogP contribution in [0.4, 0.5) is 11.4 Å². The van der Waals surface area contributed by atoms with Crippen LogP contribution in [-0.4, -0.2) is 68.8 Å². The molecule has 2 aliphatic heterocycles. The first-order chi connectivity index (χ1) is 14.9. The standard InChI is InChI=1S/C20H26N4O4S3/c1-15-13-29-20(21-15)30-14-19(25)22-17-12-16(4-5-18(17)23-6-2-3-7-23)31(26,27)24-8-10-28-11-9-24/h4-5,12-13H,2-3,6-11,14H2,1H3,(H,22,25). The summed E-state index contributed by atoms with van der Waals surface area (Å²) >= 11 is 2.89. The Balaban J connectivity index is 1.55. The molecule has 2 fully saturated rings. The molecule has 0 saturated carbocycles. The van der Waals surface area contributed by atoms with Crippen molar-refractivity contribution in [3.63, 3.8) is 0 Å². The highest BCUT2D eigenvalue weighted by Gasteiger charge is 2.28. The van der Waals surface area contributed by atoms with E-state index >= 15 is 0 Å². The molecule has 1 N–H and O–H groups in total. The summed E-state index contributed by atoms with van der Waals surface area (Å²) in [5.74, 6) is 0.0338. The van der Waals surface area contributed by atoms with E-state index in [1.807, 2.05) is 18.4 Å². The molecule has 0 spiro atoms. The Bertz CT molecular complexity index is 1030. The molecule has 1 aromatic carbocycles. The van der Waals surface area contributed by atoms with Crippen LogP contribution in [0.25, 0.3) is 0 Å². The number of morpholine rings is 1. The van der Waals surface area contributed by atoms with E-state index in [1.165, 1.54) is 27.4 Å². The Labute approximate surface area is 191 Å². The van der Waals surface area contributed by atoms with Crippen LogP contribution in [-0.2, 0) is 19.6 Å². The van der Waals surface area contributed by atoms with E-state index in [4.69, 9.17) is 4.74 Å². The van der Waals surface area contributed by atoms with Gasteiger partial charge in [-0.3, -0.25) is 4.79 Å². The number of hydrogen-bond donors (Lipinski definition) is 1. The molecular formula is C20H26N4O4S3. The molecule has 0 bridgehead atoms. The predicted molar refractivity (Wildman–Crippen MR) is 124 cm³/mol. The van der Waals surface area contributed by atoms with Crippen molar-refractivity contribution in [2.24, 2.45) is 0 Å². The van der Waals surface area contributed by atoms with Crippen LogP contribution in [0.15, 0.2) is 32.8 Å². The summed E-state index contributed by atoms with van der Waals surface area (Å²) in [7, 11) is -3.64. The minimum absolute atomic E-state index is 0.181. The third kappa shape index (κ3) is 5.40.